The molecule has 0 aliphatic rings. The van der Waals surface area contributed by atoms with Gasteiger partial charge in [0.15, 0.2) is 0 Å². The molecule has 0 aliphatic carbocycles. The monoisotopic (exact) mass is 246 g/mol. The van der Waals surface area contributed by atoms with Crippen molar-refractivity contribution in [3.05, 3.63) is 17.5 Å². The Morgan fingerprint density at radius 2 is 2.31 bits per heavy atom. The molecule has 0 spiro atoms. The maximum absolute atomic E-state index is 11.5. The zero-order chi connectivity index (χ0) is 11.3. The number of nitrogens with one attached hydrogen (secondary N) is 3. The molecule has 1 rings (SSSR count). The van der Waals surface area contributed by atoms with Crippen molar-refractivity contribution in [3.63, 3.8) is 0 Å². The molecule has 0 unspecified atom stereocenters. The molecule has 1 heterocycles. The van der Waals surface area contributed by atoms with Crippen LogP contribution in [0.3, 0.4) is 0 Å². The summed E-state index contributed by atoms with van der Waals surface area (Å²) >= 11 is 0. The fourth-order valence-electron chi connectivity index (χ4n) is 1.29. The van der Waals surface area contributed by atoms with E-state index in [-0.39, 0.29) is 24.4 Å². The smallest absolute Gasteiger partial charge is 0.271 e. The van der Waals surface area contributed by atoms with Crippen molar-refractivity contribution in [1.29, 1.82) is 0 Å². The Labute approximate surface area is 102 Å². The maximum Gasteiger partial charge on any atom is 0.271 e. The molecular weight excluding hydrogens is 228 g/mol. The van der Waals surface area contributed by atoms with Gasteiger partial charge in [0.1, 0.15) is 5.69 Å². The second-order valence-electron chi connectivity index (χ2n) is 3.60. The number of halogens is 1. The highest BCUT2D eigenvalue weighted by Crippen LogP contribution is 1.96. The van der Waals surface area contributed by atoms with Crippen molar-refractivity contribution < 1.29 is 4.79 Å². The Morgan fingerprint density at radius 1 is 1.62 bits per heavy atom. The average Bonchev–Trinajstić information content (AvgIpc) is 2.62. The van der Waals surface area contributed by atoms with Crippen LogP contribution in [-0.2, 0) is 0 Å². The molecule has 1 aromatic rings. The molecule has 16 heavy (non-hydrogen) atoms. The number of hydrogen-bond donors (Lipinski definition) is 3. The minimum Gasteiger partial charge on any atom is -0.349 e. The van der Waals surface area contributed by atoms with Crippen molar-refractivity contribution >= 4 is 18.3 Å². The first kappa shape index (κ1) is 14.9. The first-order valence-corrected chi connectivity index (χ1v) is 5.17. The first-order chi connectivity index (χ1) is 7.13. The quantitative estimate of drug-likeness (QED) is 0.722. The van der Waals surface area contributed by atoms with Gasteiger partial charge in [0.2, 0.25) is 0 Å². The van der Waals surface area contributed by atoms with E-state index in [4.69, 9.17) is 0 Å². The lowest BCUT2D eigenvalue weighted by Gasteiger charge is -2.12. The molecule has 0 fully saturated rings. The molecule has 1 amide bonds. The van der Waals surface area contributed by atoms with Crippen LogP contribution in [0.2, 0.25) is 0 Å². The van der Waals surface area contributed by atoms with Crippen molar-refractivity contribution in [3.8, 4) is 0 Å². The van der Waals surface area contributed by atoms with Crippen molar-refractivity contribution in [1.82, 2.24) is 20.8 Å². The average molecular weight is 247 g/mol. The summed E-state index contributed by atoms with van der Waals surface area (Å²) in [5.74, 6) is -0.135. The van der Waals surface area contributed by atoms with Gasteiger partial charge in [-0.05, 0) is 26.5 Å². The molecule has 0 aromatic carbocycles. The van der Waals surface area contributed by atoms with E-state index in [0.717, 1.165) is 12.2 Å². The van der Waals surface area contributed by atoms with E-state index in [2.05, 4.69) is 20.8 Å². The lowest BCUT2D eigenvalue weighted by Crippen LogP contribution is -2.38. The Balaban J connectivity index is 0.00000225. The van der Waals surface area contributed by atoms with Crippen molar-refractivity contribution in [2.45, 2.75) is 26.8 Å². The number of nitrogens with zero attached hydrogens (tertiary/aromatic N) is 1. The van der Waals surface area contributed by atoms with E-state index in [1.807, 2.05) is 20.8 Å². The van der Waals surface area contributed by atoms with Gasteiger partial charge in [-0.15, -0.1) is 12.4 Å². The van der Waals surface area contributed by atoms with Gasteiger partial charge in [-0.3, -0.25) is 9.89 Å². The molecule has 3 N–H and O–H groups in total. The summed E-state index contributed by atoms with van der Waals surface area (Å²) in [5, 5.41) is 12.6. The van der Waals surface area contributed by atoms with Gasteiger partial charge < -0.3 is 10.6 Å². The number of rotatable bonds is 5. The summed E-state index contributed by atoms with van der Waals surface area (Å²) in [6.07, 6.45) is 0. The fraction of sp³-hybridized carbons (Fsp3) is 0.600. The number of likely N-dealkylation sites (N-methyl/N-ethyl adjacent to an activating group) is 1. The topological polar surface area (TPSA) is 69.8 Å². The molecule has 1 aromatic heterocycles. The minimum atomic E-state index is -0.135. The van der Waals surface area contributed by atoms with Gasteiger partial charge in [0.05, 0.1) is 0 Å². The van der Waals surface area contributed by atoms with Gasteiger partial charge in [-0.1, -0.05) is 6.92 Å². The molecule has 6 heteroatoms. The fourth-order valence-corrected chi connectivity index (χ4v) is 1.29. The molecule has 5 nitrogen and oxygen atoms in total. The van der Waals surface area contributed by atoms with E-state index < -0.39 is 0 Å². The molecule has 0 bridgehead atoms. The highest BCUT2D eigenvalue weighted by atomic mass is 35.5. The second kappa shape index (κ2) is 7.24. The summed E-state index contributed by atoms with van der Waals surface area (Å²) in [6, 6.07) is 2.01. The van der Waals surface area contributed by atoms with Crippen LogP contribution in [0.4, 0.5) is 0 Å². The van der Waals surface area contributed by atoms with Crippen LogP contribution in [0.5, 0.6) is 0 Å². The third kappa shape index (κ3) is 4.63. The lowest BCUT2D eigenvalue weighted by molar-refractivity contribution is 0.0945. The number of aromatic amines is 1. The van der Waals surface area contributed by atoms with Crippen molar-refractivity contribution in [2.75, 3.05) is 13.1 Å². The lowest BCUT2D eigenvalue weighted by atomic mass is 10.3. The summed E-state index contributed by atoms with van der Waals surface area (Å²) in [5.41, 5.74) is 1.33. The number of aryl methyl sites for hydroxylation is 1. The van der Waals surface area contributed by atoms with Gasteiger partial charge in [-0.25, -0.2) is 0 Å². The maximum atomic E-state index is 11.5. The Kier molecular flexibility index (Phi) is 6.76. The summed E-state index contributed by atoms with van der Waals surface area (Å²) in [6.45, 7) is 7.44. The number of hydrogen-bond acceptors (Lipinski definition) is 3. The second-order valence-corrected chi connectivity index (χ2v) is 3.60. The zero-order valence-electron chi connectivity index (χ0n) is 9.83. The molecule has 0 radical (unpaired) electrons. The molecule has 0 saturated carbocycles. The number of H-pyrrole nitrogens is 1. The number of carbonyl (C=O) groups excluding carboxylic acids is 1. The number of aromatic nitrogens is 2. The SMILES string of the molecule is CCN[C@H](C)CNC(=O)c1cc(C)[nH]n1.Cl. The van der Waals surface area contributed by atoms with Crippen LogP contribution >= 0.6 is 12.4 Å². The molecule has 1 atom stereocenters. The van der Waals surface area contributed by atoms with Crippen LogP contribution in [0, 0.1) is 6.92 Å². The summed E-state index contributed by atoms with van der Waals surface area (Å²) < 4.78 is 0. The molecule has 92 valence electrons. The van der Waals surface area contributed by atoms with Crippen molar-refractivity contribution in [2.24, 2.45) is 0 Å². The van der Waals surface area contributed by atoms with E-state index >= 15 is 0 Å². The van der Waals surface area contributed by atoms with Gasteiger partial charge in [-0.2, -0.15) is 5.10 Å². The normalized spacial score (nSPS) is 11.7. The van der Waals surface area contributed by atoms with Crippen LogP contribution in [0.15, 0.2) is 6.07 Å². The molecule has 0 saturated heterocycles. The Bertz CT molecular complexity index is 326. The highest BCUT2D eigenvalue weighted by Gasteiger charge is 2.09. The Morgan fingerprint density at radius 3 is 2.81 bits per heavy atom. The van der Waals surface area contributed by atoms with E-state index in [1.165, 1.54) is 0 Å². The predicted molar refractivity (Wildman–Crippen MR) is 66.0 cm³/mol. The Hall–Kier alpha value is -1.07. The molecular formula is C10H19ClN4O. The van der Waals surface area contributed by atoms with Gasteiger partial charge in [0, 0.05) is 18.3 Å². The number of amides is 1. The number of carbonyl (C=O) groups is 1. The zero-order valence-corrected chi connectivity index (χ0v) is 10.6. The summed E-state index contributed by atoms with van der Waals surface area (Å²) in [7, 11) is 0. The van der Waals surface area contributed by atoms with Gasteiger partial charge >= 0.3 is 0 Å². The van der Waals surface area contributed by atoms with E-state index in [0.29, 0.717) is 12.2 Å². The van der Waals surface area contributed by atoms with Crippen LogP contribution < -0.4 is 10.6 Å². The predicted octanol–water partition coefficient (Wildman–Crippen LogP) is 0.868. The third-order valence-corrected chi connectivity index (χ3v) is 2.06. The first-order valence-electron chi connectivity index (χ1n) is 5.17. The van der Waals surface area contributed by atoms with Crippen LogP contribution in [-0.4, -0.2) is 35.2 Å². The van der Waals surface area contributed by atoms with E-state index in [9.17, 15) is 4.79 Å². The molecule has 0 aliphatic heterocycles. The third-order valence-electron chi connectivity index (χ3n) is 2.06. The summed E-state index contributed by atoms with van der Waals surface area (Å²) in [4.78, 5) is 11.5. The minimum absolute atomic E-state index is 0. The van der Waals surface area contributed by atoms with Crippen LogP contribution in [0.1, 0.15) is 30.0 Å². The van der Waals surface area contributed by atoms with Crippen LogP contribution in [0.25, 0.3) is 0 Å². The largest absolute Gasteiger partial charge is 0.349 e. The standard InChI is InChI=1S/C10H18N4O.ClH/c1-4-11-8(3)6-12-10(15)9-5-7(2)13-14-9;/h5,8,11H,4,6H2,1-3H3,(H,12,15)(H,13,14);1H/t8-;/m1./s1. The van der Waals surface area contributed by atoms with Gasteiger partial charge in [0.25, 0.3) is 5.91 Å². The van der Waals surface area contributed by atoms with E-state index in [1.54, 1.807) is 6.07 Å². The highest BCUT2D eigenvalue weighted by molar-refractivity contribution is 5.92.